The highest BCUT2D eigenvalue weighted by Crippen LogP contribution is 2.33. The van der Waals surface area contributed by atoms with Crippen molar-refractivity contribution >= 4 is 22.8 Å². The number of nitrogens with zero attached hydrogens (tertiary/aromatic N) is 3. The molecule has 4 nitrogen and oxygen atoms in total. The molecular formula is C18H12ClN3O. The average Bonchev–Trinajstić information content (AvgIpc) is 2.94. The Morgan fingerprint density at radius 3 is 2.35 bits per heavy atom. The molecule has 1 N–H and O–H groups in total. The minimum Gasteiger partial charge on any atom is -0.507 e. The van der Waals surface area contributed by atoms with Gasteiger partial charge in [0.25, 0.3) is 0 Å². The van der Waals surface area contributed by atoms with Gasteiger partial charge < -0.3 is 5.11 Å². The SMILES string of the molecule is Oc1ccccc1-c1nc2ccc(Cl)nc2n1-c1ccccc1. The van der Waals surface area contributed by atoms with Gasteiger partial charge in [0.1, 0.15) is 16.4 Å². The quantitative estimate of drug-likeness (QED) is 0.555. The van der Waals surface area contributed by atoms with Crippen LogP contribution >= 0.6 is 11.6 Å². The monoisotopic (exact) mass is 321 g/mol. The van der Waals surface area contributed by atoms with E-state index in [-0.39, 0.29) is 5.75 Å². The summed E-state index contributed by atoms with van der Waals surface area (Å²) in [6.45, 7) is 0. The second kappa shape index (κ2) is 5.41. The Hall–Kier alpha value is -2.85. The van der Waals surface area contributed by atoms with Gasteiger partial charge in [-0.1, -0.05) is 41.9 Å². The van der Waals surface area contributed by atoms with E-state index >= 15 is 0 Å². The molecule has 4 aromatic rings. The van der Waals surface area contributed by atoms with Crippen LogP contribution in [0.4, 0.5) is 0 Å². The summed E-state index contributed by atoms with van der Waals surface area (Å²) in [5.41, 5.74) is 2.92. The Morgan fingerprint density at radius 2 is 1.57 bits per heavy atom. The average molecular weight is 322 g/mol. The fraction of sp³-hybridized carbons (Fsp3) is 0. The number of aromatic hydroxyl groups is 1. The molecule has 0 fully saturated rings. The summed E-state index contributed by atoms with van der Waals surface area (Å²) < 4.78 is 1.90. The summed E-state index contributed by atoms with van der Waals surface area (Å²) in [7, 11) is 0. The summed E-state index contributed by atoms with van der Waals surface area (Å²) >= 11 is 6.06. The van der Waals surface area contributed by atoms with E-state index in [0.717, 1.165) is 11.2 Å². The van der Waals surface area contributed by atoms with Crippen molar-refractivity contribution in [1.82, 2.24) is 14.5 Å². The summed E-state index contributed by atoms with van der Waals surface area (Å²) in [5.74, 6) is 0.796. The fourth-order valence-electron chi connectivity index (χ4n) is 2.60. The topological polar surface area (TPSA) is 50.9 Å². The first-order valence-electron chi connectivity index (χ1n) is 7.13. The number of rotatable bonds is 2. The van der Waals surface area contributed by atoms with Gasteiger partial charge in [0, 0.05) is 5.69 Å². The van der Waals surface area contributed by atoms with E-state index < -0.39 is 0 Å². The number of benzene rings is 2. The van der Waals surface area contributed by atoms with E-state index in [1.807, 2.05) is 53.1 Å². The van der Waals surface area contributed by atoms with E-state index in [0.29, 0.717) is 22.2 Å². The van der Waals surface area contributed by atoms with Crippen molar-refractivity contribution < 1.29 is 5.11 Å². The lowest BCUT2D eigenvalue weighted by atomic mass is 10.2. The number of imidazole rings is 1. The van der Waals surface area contributed by atoms with Crippen LogP contribution in [0.15, 0.2) is 66.7 Å². The highest BCUT2D eigenvalue weighted by molar-refractivity contribution is 6.29. The van der Waals surface area contributed by atoms with Gasteiger partial charge in [-0.25, -0.2) is 9.97 Å². The summed E-state index contributed by atoms with van der Waals surface area (Å²) in [5, 5.41) is 10.6. The highest BCUT2D eigenvalue weighted by Gasteiger charge is 2.17. The van der Waals surface area contributed by atoms with Crippen molar-refractivity contribution in [3.05, 3.63) is 71.9 Å². The van der Waals surface area contributed by atoms with E-state index in [4.69, 9.17) is 11.6 Å². The zero-order valence-corrected chi connectivity index (χ0v) is 12.8. The van der Waals surface area contributed by atoms with Crippen LogP contribution in [0, 0.1) is 0 Å². The van der Waals surface area contributed by atoms with Gasteiger partial charge in [0.15, 0.2) is 11.5 Å². The van der Waals surface area contributed by atoms with Crippen molar-refractivity contribution in [3.63, 3.8) is 0 Å². The number of aromatic nitrogens is 3. The van der Waals surface area contributed by atoms with Gasteiger partial charge in [-0.05, 0) is 36.4 Å². The first-order valence-corrected chi connectivity index (χ1v) is 7.50. The third-order valence-corrected chi connectivity index (χ3v) is 3.84. The van der Waals surface area contributed by atoms with Gasteiger partial charge in [-0.3, -0.25) is 4.57 Å². The van der Waals surface area contributed by atoms with E-state index in [9.17, 15) is 5.11 Å². The lowest BCUT2D eigenvalue weighted by molar-refractivity contribution is 0.477. The lowest BCUT2D eigenvalue weighted by Crippen LogP contribution is -1.98. The van der Waals surface area contributed by atoms with E-state index in [2.05, 4.69) is 9.97 Å². The predicted molar refractivity (Wildman–Crippen MR) is 91.0 cm³/mol. The van der Waals surface area contributed by atoms with Crippen LogP contribution < -0.4 is 0 Å². The molecule has 0 spiro atoms. The third kappa shape index (κ3) is 2.33. The zero-order chi connectivity index (χ0) is 15.8. The highest BCUT2D eigenvalue weighted by atomic mass is 35.5. The number of phenolic OH excluding ortho intramolecular Hbond substituents is 1. The Bertz CT molecular complexity index is 996. The van der Waals surface area contributed by atoms with E-state index in [1.54, 1.807) is 18.2 Å². The second-order valence-electron chi connectivity index (χ2n) is 5.10. The fourth-order valence-corrected chi connectivity index (χ4v) is 2.74. The zero-order valence-electron chi connectivity index (χ0n) is 12.0. The maximum absolute atomic E-state index is 10.2. The molecule has 0 aliphatic rings. The molecule has 5 heteroatoms. The van der Waals surface area contributed by atoms with Crippen molar-refractivity contribution in [3.8, 4) is 22.8 Å². The number of halogens is 1. The van der Waals surface area contributed by atoms with Crippen LogP contribution in [0.1, 0.15) is 0 Å². The lowest BCUT2D eigenvalue weighted by Gasteiger charge is -2.09. The Morgan fingerprint density at radius 1 is 0.826 bits per heavy atom. The van der Waals surface area contributed by atoms with Crippen LogP contribution in [0.25, 0.3) is 28.2 Å². The van der Waals surface area contributed by atoms with Crippen molar-refractivity contribution in [2.45, 2.75) is 0 Å². The molecule has 0 atom stereocenters. The maximum Gasteiger partial charge on any atom is 0.166 e. The molecule has 23 heavy (non-hydrogen) atoms. The number of phenols is 1. The van der Waals surface area contributed by atoms with Crippen LogP contribution in [0.3, 0.4) is 0 Å². The first-order chi connectivity index (χ1) is 11.2. The molecule has 0 aliphatic carbocycles. The largest absolute Gasteiger partial charge is 0.507 e. The number of para-hydroxylation sites is 2. The number of hydrogen-bond acceptors (Lipinski definition) is 3. The van der Waals surface area contributed by atoms with Crippen LogP contribution in [0.2, 0.25) is 5.15 Å². The molecule has 0 saturated heterocycles. The molecule has 0 unspecified atom stereocenters. The van der Waals surface area contributed by atoms with Gasteiger partial charge in [0.05, 0.1) is 5.56 Å². The standard InChI is InChI=1S/C18H12ClN3O/c19-16-11-10-14-18(21-16)22(12-6-2-1-3-7-12)17(20-14)13-8-4-5-9-15(13)23/h1-11,23H. The Balaban J connectivity index is 2.10. The van der Waals surface area contributed by atoms with Crippen molar-refractivity contribution in [2.24, 2.45) is 0 Å². The number of hydrogen-bond donors (Lipinski definition) is 1. The number of fused-ring (bicyclic) bond motifs is 1. The maximum atomic E-state index is 10.2. The minimum atomic E-state index is 0.172. The molecule has 112 valence electrons. The van der Waals surface area contributed by atoms with Crippen molar-refractivity contribution in [2.75, 3.05) is 0 Å². The molecule has 2 aromatic carbocycles. The van der Waals surface area contributed by atoms with Gasteiger partial charge in [-0.15, -0.1) is 0 Å². The first kappa shape index (κ1) is 13.8. The van der Waals surface area contributed by atoms with Gasteiger partial charge in [-0.2, -0.15) is 0 Å². The predicted octanol–water partition coefficient (Wildman–Crippen LogP) is 4.45. The molecule has 0 radical (unpaired) electrons. The molecule has 2 heterocycles. The Kier molecular flexibility index (Phi) is 3.24. The molecule has 2 aromatic heterocycles. The van der Waals surface area contributed by atoms with Crippen LogP contribution in [0.5, 0.6) is 5.75 Å². The third-order valence-electron chi connectivity index (χ3n) is 3.63. The molecule has 4 rings (SSSR count). The van der Waals surface area contributed by atoms with Crippen LogP contribution in [-0.2, 0) is 0 Å². The molecular weight excluding hydrogens is 310 g/mol. The Labute approximate surface area is 137 Å². The molecule has 0 saturated carbocycles. The smallest absolute Gasteiger partial charge is 0.166 e. The molecule has 0 aliphatic heterocycles. The normalized spacial score (nSPS) is 11.0. The molecule has 0 amide bonds. The summed E-state index contributed by atoms with van der Waals surface area (Å²) in [6.07, 6.45) is 0. The molecule has 0 bridgehead atoms. The van der Waals surface area contributed by atoms with E-state index in [1.165, 1.54) is 0 Å². The van der Waals surface area contributed by atoms with Gasteiger partial charge >= 0.3 is 0 Å². The number of pyridine rings is 1. The van der Waals surface area contributed by atoms with Crippen LogP contribution in [-0.4, -0.2) is 19.6 Å². The summed E-state index contributed by atoms with van der Waals surface area (Å²) in [6, 6.07) is 20.4. The summed E-state index contributed by atoms with van der Waals surface area (Å²) in [4.78, 5) is 9.06. The van der Waals surface area contributed by atoms with Gasteiger partial charge in [0.2, 0.25) is 0 Å². The van der Waals surface area contributed by atoms with Crippen molar-refractivity contribution in [1.29, 1.82) is 0 Å². The minimum absolute atomic E-state index is 0.172. The second-order valence-corrected chi connectivity index (χ2v) is 5.49.